The number of aliphatic carboxylic acids is 1. The highest BCUT2D eigenvalue weighted by atomic mass is 35.5. The monoisotopic (exact) mass is 226 g/mol. The van der Waals surface area contributed by atoms with Crippen molar-refractivity contribution in [2.24, 2.45) is 0 Å². The smallest absolute Gasteiger partial charge is 0.322 e. The largest absolute Gasteiger partial charge is 0.480 e. The van der Waals surface area contributed by atoms with E-state index < -0.39 is 17.5 Å². The second kappa shape index (κ2) is 4.18. The molecular weight excluding hydrogens is 216 g/mol. The highest BCUT2D eigenvalue weighted by Crippen LogP contribution is 2.29. The third-order valence-corrected chi connectivity index (χ3v) is 2.88. The van der Waals surface area contributed by atoms with E-state index >= 15 is 0 Å². The molecule has 1 fully saturated rings. The Hall–Kier alpha value is -1.10. The van der Waals surface area contributed by atoms with Gasteiger partial charge in [-0.05, 0) is 5.56 Å². The molecule has 1 aliphatic heterocycles. The minimum Gasteiger partial charge on any atom is -0.480 e. The van der Waals surface area contributed by atoms with Crippen molar-refractivity contribution in [3.8, 4) is 0 Å². The van der Waals surface area contributed by atoms with Gasteiger partial charge < -0.3 is 5.11 Å². The van der Waals surface area contributed by atoms with E-state index in [1.54, 1.807) is 0 Å². The van der Waals surface area contributed by atoms with Crippen molar-refractivity contribution < 1.29 is 9.90 Å². The molecule has 2 rings (SSSR count). The van der Waals surface area contributed by atoms with E-state index in [4.69, 9.17) is 16.7 Å². The zero-order valence-corrected chi connectivity index (χ0v) is 8.61. The third kappa shape index (κ3) is 1.97. The highest BCUT2D eigenvalue weighted by molar-refractivity contribution is 6.21. The van der Waals surface area contributed by atoms with Gasteiger partial charge in [-0.1, -0.05) is 30.3 Å². The molecule has 3 atom stereocenters. The second-order valence-corrected chi connectivity index (χ2v) is 3.91. The number of carboxylic acid groups (broad SMARTS) is 1. The summed E-state index contributed by atoms with van der Waals surface area (Å²) >= 11 is 6.01. The Morgan fingerprint density at radius 1 is 1.27 bits per heavy atom. The standard InChI is InChI=1S/C10H11ClN2O2/c11-9-7(6-4-2-1-3-5-6)8(10(14)15)12-13-9/h1-5,7-9,12-13H,(H,14,15). The van der Waals surface area contributed by atoms with E-state index in [2.05, 4.69) is 10.9 Å². The predicted octanol–water partition coefficient (Wildman–Crippen LogP) is 0.896. The summed E-state index contributed by atoms with van der Waals surface area (Å²) in [7, 11) is 0. The molecule has 5 heteroatoms. The third-order valence-electron chi connectivity index (χ3n) is 2.50. The number of hydrogen-bond acceptors (Lipinski definition) is 3. The quantitative estimate of drug-likeness (QED) is 0.518. The number of hydrogen-bond donors (Lipinski definition) is 3. The number of halogens is 1. The number of nitrogens with one attached hydrogen (secondary N) is 2. The van der Waals surface area contributed by atoms with Gasteiger partial charge >= 0.3 is 5.97 Å². The molecule has 1 aliphatic rings. The summed E-state index contributed by atoms with van der Waals surface area (Å²) in [6.45, 7) is 0. The lowest BCUT2D eigenvalue weighted by Gasteiger charge is -2.16. The molecule has 1 aromatic rings. The molecule has 3 unspecified atom stereocenters. The fourth-order valence-corrected chi connectivity index (χ4v) is 2.12. The Labute approximate surface area is 92.2 Å². The van der Waals surface area contributed by atoms with Crippen molar-refractivity contribution in [1.29, 1.82) is 0 Å². The number of alkyl halides is 1. The summed E-state index contributed by atoms with van der Waals surface area (Å²) < 4.78 is 0. The normalized spacial score (nSPS) is 30.3. The van der Waals surface area contributed by atoms with Crippen LogP contribution >= 0.6 is 11.6 Å². The molecule has 0 aliphatic carbocycles. The van der Waals surface area contributed by atoms with Gasteiger partial charge in [-0.25, -0.2) is 10.9 Å². The molecule has 15 heavy (non-hydrogen) atoms. The molecule has 0 amide bonds. The Kier molecular flexibility index (Phi) is 2.90. The molecule has 1 heterocycles. The van der Waals surface area contributed by atoms with E-state index in [9.17, 15) is 4.79 Å². The van der Waals surface area contributed by atoms with E-state index in [0.29, 0.717) is 0 Å². The molecule has 0 spiro atoms. The van der Waals surface area contributed by atoms with Gasteiger partial charge in [-0.15, -0.1) is 11.6 Å². The Morgan fingerprint density at radius 2 is 1.93 bits per heavy atom. The molecule has 0 saturated carbocycles. The summed E-state index contributed by atoms with van der Waals surface area (Å²) in [4.78, 5) is 11.0. The molecule has 0 radical (unpaired) electrons. The SMILES string of the molecule is O=C(O)C1NNC(Cl)C1c1ccccc1. The maximum absolute atomic E-state index is 11.0. The van der Waals surface area contributed by atoms with Crippen LogP contribution in [0.15, 0.2) is 30.3 Å². The number of benzene rings is 1. The van der Waals surface area contributed by atoms with Gasteiger partial charge in [0.2, 0.25) is 0 Å². The van der Waals surface area contributed by atoms with Crippen molar-refractivity contribution >= 4 is 17.6 Å². The molecule has 0 bridgehead atoms. The van der Waals surface area contributed by atoms with Gasteiger partial charge in [-0.3, -0.25) is 4.79 Å². The maximum Gasteiger partial charge on any atom is 0.322 e. The lowest BCUT2D eigenvalue weighted by Crippen LogP contribution is -2.37. The zero-order valence-electron chi connectivity index (χ0n) is 7.85. The first kappa shape index (κ1) is 10.4. The molecular formula is C10H11ClN2O2. The molecule has 0 aromatic heterocycles. The van der Waals surface area contributed by atoms with Crippen molar-refractivity contribution in [2.45, 2.75) is 17.5 Å². The van der Waals surface area contributed by atoms with Gasteiger partial charge in [0, 0.05) is 5.92 Å². The lowest BCUT2D eigenvalue weighted by molar-refractivity contribution is -0.139. The van der Waals surface area contributed by atoms with Crippen LogP contribution in [0.4, 0.5) is 0 Å². The maximum atomic E-state index is 11.0. The van der Waals surface area contributed by atoms with Crippen LogP contribution < -0.4 is 10.9 Å². The average Bonchev–Trinajstić information content (AvgIpc) is 2.61. The fourth-order valence-electron chi connectivity index (χ4n) is 1.77. The van der Waals surface area contributed by atoms with Crippen molar-refractivity contribution in [1.82, 2.24) is 10.9 Å². The minimum absolute atomic E-state index is 0.259. The number of hydrazine groups is 1. The number of carbonyl (C=O) groups is 1. The summed E-state index contributed by atoms with van der Waals surface area (Å²) in [5.41, 5.74) is 5.92. The van der Waals surface area contributed by atoms with Crippen molar-refractivity contribution in [2.75, 3.05) is 0 Å². The Morgan fingerprint density at radius 3 is 2.53 bits per heavy atom. The molecule has 3 N–H and O–H groups in total. The van der Waals surface area contributed by atoms with E-state index in [1.165, 1.54) is 0 Å². The Bertz CT molecular complexity index is 358. The van der Waals surface area contributed by atoms with Crippen LogP contribution in [0.1, 0.15) is 11.5 Å². The first-order valence-electron chi connectivity index (χ1n) is 4.63. The topological polar surface area (TPSA) is 61.4 Å². The summed E-state index contributed by atoms with van der Waals surface area (Å²) in [5, 5.41) is 9.00. The van der Waals surface area contributed by atoms with Crippen LogP contribution in [0.2, 0.25) is 0 Å². The molecule has 1 aromatic carbocycles. The van der Waals surface area contributed by atoms with Crippen molar-refractivity contribution in [3.63, 3.8) is 0 Å². The van der Waals surface area contributed by atoms with E-state index in [1.807, 2.05) is 30.3 Å². The van der Waals surface area contributed by atoms with Gasteiger partial charge in [0.25, 0.3) is 0 Å². The Balaban J connectivity index is 2.29. The summed E-state index contributed by atoms with van der Waals surface area (Å²) in [6, 6.07) is 8.70. The first-order chi connectivity index (χ1) is 7.20. The number of rotatable bonds is 2. The highest BCUT2D eigenvalue weighted by Gasteiger charge is 2.40. The fraction of sp³-hybridized carbons (Fsp3) is 0.300. The number of carboxylic acids is 1. The van der Waals surface area contributed by atoms with Gasteiger partial charge in [0.15, 0.2) is 0 Å². The molecule has 4 nitrogen and oxygen atoms in total. The van der Waals surface area contributed by atoms with E-state index in [0.717, 1.165) is 5.56 Å². The first-order valence-corrected chi connectivity index (χ1v) is 5.06. The van der Waals surface area contributed by atoms with Crippen LogP contribution in [0, 0.1) is 0 Å². The van der Waals surface area contributed by atoms with Gasteiger partial charge in [-0.2, -0.15) is 0 Å². The lowest BCUT2D eigenvalue weighted by atomic mass is 9.93. The average molecular weight is 227 g/mol. The molecule has 80 valence electrons. The van der Waals surface area contributed by atoms with Crippen molar-refractivity contribution in [3.05, 3.63) is 35.9 Å². The van der Waals surface area contributed by atoms with Gasteiger partial charge in [0.05, 0.1) is 0 Å². The van der Waals surface area contributed by atoms with Crippen LogP contribution in [0.5, 0.6) is 0 Å². The van der Waals surface area contributed by atoms with Crippen LogP contribution in [0.25, 0.3) is 0 Å². The van der Waals surface area contributed by atoms with Crippen LogP contribution in [-0.4, -0.2) is 22.6 Å². The second-order valence-electron chi connectivity index (χ2n) is 3.44. The van der Waals surface area contributed by atoms with Crippen LogP contribution in [0.3, 0.4) is 0 Å². The predicted molar refractivity (Wildman–Crippen MR) is 56.5 cm³/mol. The summed E-state index contributed by atoms with van der Waals surface area (Å²) in [5.74, 6) is -1.16. The molecule has 1 saturated heterocycles. The van der Waals surface area contributed by atoms with Crippen LogP contribution in [-0.2, 0) is 4.79 Å². The van der Waals surface area contributed by atoms with Gasteiger partial charge in [0.1, 0.15) is 11.5 Å². The summed E-state index contributed by atoms with van der Waals surface area (Å²) in [6.07, 6.45) is 0. The van der Waals surface area contributed by atoms with E-state index in [-0.39, 0.29) is 5.92 Å². The zero-order chi connectivity index (χ0) is 10.8. The minimum atomic E-state index is -0.903.